The van der Waals surface area contributed by atoms with Crippen LogP contribution in [0.5, 0.6) is 0 Å². The molecule has 1 saturated heterocycles. The number of hydrogen-bond donors (Lipinski definition) is 3. The Morgan fingerprint density at radius 1 is 1.16 bits per heavy atom. The molecule has 4 aromatic rings. The molecule has 0 atom stereocenters. The SMILES string of the molecule is N#CC1(c2ccc(F)c(-c3cc(Nc4ccc(N5CCC(O)CC5)cn4)c4c(=O)[nH]ccc4n3)c2)CC1. The van der Waals surface area contributed by atoms with Crippen LogP contribution in [0.25, 0.3) is 22.2 Å². The van der Waals surface area contributed by atoms with Gasteiger partial charge in [0.1, 0.15) is 11.6 Å². The van der Waals surface area contributed by atoms with Crippen molar-refractivity contribution in [3.8, 4) is 17.3 Å². The molecule has 37 heavy (non-hydrogen) atoms. The third kappa shape index (κ3) is 4.30. The second-order valence-electron chi connectivity index (χ2n) is 9.76. The van der Waals surface area contributed by atoms with Crippen molar-refractivity contribution >= 4 is 28.1 Å². The number of aromatic nitrogens is 3. The van der Waals surface area contributed by atoms with E-state index in [4.69, 9.17) is 0 Å². The summed E-state index contributed by atoms with van der Waals surface area (Å²) in [5, 5.41) is 22.9. The molecule has 3 aromatic heterocycles. The molecule has 0 amide bonds. The van der Waals surface area contributed by atoms with Crippen LogP contribution in [0.15, 0.2) is 59.7 Å². The Labute approximate surface area is 212 Å². The van der Waals surface area contributed by atoms with Crippen molar-refractivity contribution in [3.63, 3.8) is 0 Å². The van der Waals surface area contributed by atoms with Gasteiger partial charge < -0.3 is 20.3 Å². The Kier molecular flexibility index (Phi) is 5.61. The predicted octanol–water partition coefficient (Wildman–Crippen LogP) is 4.38. The van der Waals surface area contributed by atoms with Gasteiger partial charge >= 0.3 is 0 Å². The van der Waals surface area contributed by atoms with Gasteiger partial charge in [-0.25, -0.2) is 14.4 Å². The van der Waals surface area contributed by atoms with Crippen LogP contribution in [-0.2, 0) is 5.41 Å². The third-order valence-corrected chi connectivity index (χ3v) is 7.33. The zero-order chi connectivity index (χ0) is 25.6. The Balaban J connectivity index is 1.38. The lowest BCUT2D eigenvalue weighted by molar-refractivity contribution is 0.145. The Bertz CT molecular complexity index is 1580. The molecule has 8 nitrogen and oxygen atoms in total. The number of anilines is 3. The fourth-order valence-electron chi connectivity index (χ4n) is 4.95. The maximum Gasteiger partial charge on any atom is 0.259 e. The molecule has 0 unspecified atom stereocenters. The topological polar surface area (TPSA) is 118 Å². The van der Waals surface area contributed by atoms with E-state index < -0.39 is 11.2 Å². The molecule has 3 N–H and O–H groups in total. The van der Waals surface area contributed by atoms with Gasteiger partial charge in [0, 0.05) is 24.8 Å². The quantitative estimate of drug-likeness (QED) is 0.375. The van der Waals surface area contributed by atoms with Gasteiger partial charge in [-0.2, -0.15) is 5.26 Å². The minimum atomic E-state index is -0.560. The van der Waals surface area contributed by atoms with E-state index in [0.717, 1.165) is 50.0 Å². The summed E-state index contributed by atoms with van der Waals surface area (Å²) in [6.45, 7) is 1.53. The summed E-state index contributed by atoms with van der Waals surface area (Å²) in [6, 6.07) is 14.2. The molecule has 1 aliphatic heterocycles. The van der Waals surface area contributed by atoms with E-state index in [2.05, 4.69) is 31.2 Å². The number of pyridine rings is 3. The van der Waals surface area contributed by atoms with E-state index in [0.29, 0.717) is 28.1 Å². The van der Waals surface area contributed by atoms with Gasteiger partial charge in [0.2, 0.25) is 0 Å². The molecule has 186 valence electrons. The Hall–Kier alpha value is -4.29. The van der Waals surface area contributed by atoms with Gasteiger partial charge in [-0.05, 0) is 67.6 Å². The lowest BCUT2D eigenvalue weighted by atomic mass is 9.94. The zero-order valence-corrected chi connectivity index (χ0v) is 20.0. The summed E-state index contributed by atoms with van der Waals surface area (Å²) in [7, 11) is 0. The number of hydrogen-bond acceptors (Lipinski definition) is 7. The highest BCUT2D eigenvalue weighted by Crippen LogP contribution is 2.48. The van der Waals surface area contributed by atoms with Crippen LogP contribution < -0.4 is 15.8 Å². The first-order chi connectivity index (χ1) is 18.0. The second-order valence-corrected chi connectivity index (χ2v) is 9.76. The van der Waals surface area contributed by atoms with Crippen LogP contribution >= 0.6 is 0 Å². The maximum absolute atomic E-state index is 15.0. The van der Waals surface area contributed by atoms with Crippen molar-refractivity contribution in [1.29, 1.82) is 5.26 Å². The van der Waals surface area contributed by atoms with E-state index >= 15 is 4.39 Å². The first-order valence-electron chi connectivity index (χ1n) is 12.4. The number of rotatable bonds is 5. The summed E-state index contributed by atoms with van der Waals surface area (Å²) in [5.41, 5.74) is 2.36. The molecular weight excluding hydrogens is 471 g/mol. The summed E-state index contributed by atoms with van der Waals surface area (Å²) in [4.78, 5) is 26.7. The lowest BCUT2D eigenvalue weighted by Crippen LogP contribution is -2.35. The molecule has 0 radical (unpaired) electrons. The molecule has 1 aromatic carbocycles. The van der Waals surface area contributed by atoms with E-state index in [1.165, 1.54) is 12.3 Å². The van der Waals surface area contributed by atoms with Gasteiger partial charge in [-0.1, -0.05) is 6.07 Å². The van der Waals surface area contributed by atoms with E-state index in [1.807, 2.05) is 12.1 Å². The van der Waals surface area contributed by atoms with Crippen molar-refractivity contribution < 1.29 is 9.50 Å². The first kappa shape index (κ1) is 23.1. The van der Waals surface area contributed by atoms with E-state index in [1.54, 1.807) is 30.5 Å². The lowest BCUT2D eigenvalue weighted by Gasteiger charge is -2.31. The number of aliphatic hydroxyl groups excluding tert-OH is 1. The average Bonchev–Trinajstić information content (AvgIpc) is 3.71. The summed E-state index contributed by atoms with van der Waals surface area (Å²) in [5.74, 6) is 0.0763. The van der Waals surface area contributed by atoms with Crippen LogP contribution in [0, 0.1) is 17.1 Å². The Morgan fingerprint density at radius 3 is 2.68 bits per heavy atom. The maximum atomic E-state index is 15.0. The van der Waals surface area contributed by atoms with Gasteiger partial charge in [-0.15, -0.1) is 0 Å². The van der Waals surface area contributed by atoms with E-state index in [9.17, 15) is 15.2 Å². The van der Waals surface area contributed by atoms with Crippen LogP contribution in [-0.4, -0.2) is 39.3 Å². The largest absolute Gasteiger partial charge is 0.393 e. The standard InChI is InChI=1S/C28H25FN6O2/c29-21-3-1-17(28(16-30)8-9-28)13-20(21)23-14-24(26-22(33-23)5-10-31-27(26)37)34-25-4-2-18(15-32-25)35-11-6-19(36)7-12-35/h1-5,10,13-15,19,36H,6-9,11-12H2,(H,31,37)(H,32,33,34). The number of piperidine rings is 1. The molecular formula is C28H25FN6O2. The van der Waals surface area contributed by atoms with Crippen molar-refractivity contribution in [2.45, 2.75) is 37.2 Å². The normalized spacial score (nSPS) is 16.9. The van der Waals surface area contributed by atoms with E-state index in [-0.39, 0.29) is 17.2 Å². The fourth-order valence-corrected chi connectivity index (χ4v) is 4.95. The van der Waals surface area contributed by atoms with Crippen LogP contribution in [0.2, 0.25) is 0 Å². The predicted molar refractivity (Wildman–Crippen MR) is 139 cm³/mol. The monoisotopic (exact) mass is 496 g/mol. The van der Waals surface area contributed by atoms with Gasteiger partial charge in [0.25, 0.3) is 5.56 Å². The number of nitriles is 1. The highest BCUT2D eigenvalue weighted by Gasteiger charge is 2.45. The average molecular weight is 497 g/mol. The highest BCUT2D eigenvalue weighted by atomic mass is 19.1. The number of benzene rings is 1. The molecule has 6 rings (SSSR count). The second kappa shape index (κ2) is 8.98. The number of halogens is 1. The zero-order valence-electron chi connectivity index (χ0n) is 20.0. The number of nitrogens with one attached hydrogen (secondary N) is 2. The summed E-state index contributed by atoms with van der Waals surface area (Å²) < 4.78 is 15.0. The smallest absolute Gasteiger partial charge is 0.259 e. The van der Waals surface area contributed by atoms with Crippen LogP contribution in [0.4, 0.5) is 21.6 Å². The van der Waals surface area contributed by atoms with Gasteiger partial charge in [-0.3, -0.25) is 4.79 Å². The molecule has 2 fully saturated rings. The Morgan fingerprint density at radius 2 is 1.97 bits per heavy atom. The number of nitrogens with zero attached hydrogens (tertiary/aromatic N) is 4. The third-order valence-electron chi connectivity index (χ3n) is 7.33. The molecule has 2 aliphatic rings. The molecule has 9 heteroatoms. The first-order valence-corrected chi connectivity index (χ1v) is 12.4. The molecule has 0 bridgehead atoms. The molecule has 0 spiro atoms. The van der Waals surface area contributed by atoms with Gasteiger partial charge in [0.15, 0.2) is 0 Å². The van der Waals surface area contributed by atoms with Crippen molar-refractivity contribution in [2.24, 2.45) is 0 Å². The number of H-pyrrole nitrogens is 1. The number of aliphatic hydroxyl groups is 1. The minimum absolute atomic E-state index is 0.252. The molecule has 1 aliphatic carbocycles. The molecule has 1 saturated carbocycles. The minimum Gasteiger partial charge on any atom is -0.393 e. The van der Waals surface area contributed by atoms with Crippen LogP contribution in [0.1, 0.15) is 31.2 Å². The number of fused-ring (bicyclic) bond motifs is 1. The van der Waals surface area contributed by atoms with Crippen LogP contribution in [0.3, 0.4) is 0 Å². The summed E-state index contributed by atoms with van der Waals surface area (Å²) >= 11 is 0. The number of aromatic amines is 1. The highest BCUT2D eigenvalue weighted by molar-refractivity contribution is 5.94. The van der Waals surface area contributed by atoms with Crippen molar-refractivity contribution in [3.05, 3.63) is 76.6 Å². The van der Waals surface area contributed by atoms with Crippen molar-refractivity contribution in [1.82, 2.24) is 15.0 Å². The van der Waals surface area contributed by atoms with Gasteiger partial charge in [0.05, 0.1) is 51.8 Å². The summed E-state index contributed by atoms with van der Waals surface area (Å²) in [6.07, 6.45) is 5.97. The van der Waals surface area contributed by atoms with Crippen molar-refractivity contribution in [2.75, 3.05) is 23.3 Å². The fraction of sp³-hybridized carbons (Fsp3) is 0.286. The molecule has 4 heterocycles.